The molecule has 0 aliphatic carbocycles. The van der Waals surface area contributed by atoms with Gasteiger partial charge in [0.25, 0.3) is 5.91 Å². The van der Waals surface area contributed by atoms with E-state index in [0.717, 1.165) is 7.11 Å². The van der Waals surface area contributed by atoms with Crippen LogP contribution in [0.5, 0.6) is 0 Å². The number of benzene rings is 3. The van der Waals surface area contributed by atoms with Crippen LogP contribution in [0.15, 0.2) is 72.8 Å². The average Bonchev–Trinajstić information content (AvgIpc) is 2.90. The molecule has 0 aliphatic heterocycles. The van der Waals surface area contributed by atoms with Gasteiger partial charge in [-0.15, -0.1) is 0 Å². The molecular formula is C26H19Cl2NO9. The van der Waals surface area contributed by atoms with Crippen molar-refractivity contribution in [3.05, 3.63) is 99.5 Å². The highest BCUT2D eigenvalue weighted by Gasteiger charge is 2.41. The predicted octanol–water partition coefficient (Wildman–Crippen LogP) is 4.25. The number of carboxylic acid groups (broad SMARTS) is 1. The minimum atomic E-state index is -2.28. The second-order valence-corrected chi connectivity index (χ2v) is 8.40. The minimum Gasteiger partial charge on any atom is -0.478 e. The highest BCUT2D eigenvalue weighted by atomic mass is 35.5. The number of aliphatic carboxylic acids is 1. The highest BCUT2D eigenvalue weighted by Crippen LogP contribution is 2.20. The first-order chi connectivity index (χ1) is 18.1. The van der Waals surface area contributed by atoms with Gasteiger partial charge in [0.05, 0.1) is 29.5 Å². The topological polar surface area (TPSA) is 145 Å². The summed E-state index contributed by atoms with van der Waals surface area (Å²) < 4.78 is 15.0. The fourth-order valence-corrected chi connectivity index (χ4v) is 3.37. The van der Waals surface area contributed by atoms with E-state index >= 15 is 0 Å². The minimum absolute atomic E-state index is 0.0591. The van der Waals surface area contributed by atoms with Crippen molar-refractivity contribution < 1.29 is 43.3 Å². The van der Waals surface area contributed by atoms with Gasteiger partial charge in [-0.2, -0.15) is 0 Å². The number of ether oxygens (including phenoxy) is 3. The standard InChI is InChI=1S/C26H19Cl2NO9/c1-36-26(35)18-4-2-3-5-19(18)29-22(30)20(37-24(33)14-6-10-16(27)11-7-14)21(23(31)32)38-25(34)15-8-12-17(28)13-9-15/h2-13,20-21H,1H3,(H,29,30)(H,31,32)/t20-,21-/m1/s1. The SMILES string of the molecule is COC(=O)c1ccccc1NC(=O)[C@H](OC(=O)c1ccc(Cl)cc1)[C@@H](OC(=O)c1ccc(Cl)cc1)C(=O)O. The summed E-state index contributed by atoms with van der Waals surface area (Å²) in [5, 5.41) is 12.8. The van der Waals surface area contributed by atoms with Gasteiger partial charge in [0, 0.05) is 10.0 Å². The molecule has 2 N–H and O–H groups in total. The van der Waals surface area contributed by atoms with Crippen molar-refractivity contribution in [2.75, 3.05) is 12.4 Å². The molecule has 1 amide bonds. The Kier molecular flexibility index (Phi) is 9.42. The van der Waals surface area contributed by atoms with E-state index in [1.54, 1.807) is 0 Å². The van der Waals surface area contributed by atoms with Crippen LogP contribution in [0, 0.1) is 0 Å². The van der Waals surface area contributed by atoms with Crippen LogP contribution in [0.2, 0.25) is 10.0 Å². The number of para-hydroxylation sites is 1. The molecule has 3 aromatic rings. The van der Waals surface area contributed by atoms with Crippen LogP contribution in [-0.4, -0.2) is 54.2 Å². The lowest BCUT2D eigenvalue weighted by molar-refractivity contribution is -0.157. The Hall–Kier alpha value is -4.41. The number of hydrogen-bond acceptors (Lipinski definition) is 8. The number of nitrogens with one attached hydrogen (secondary N) is 1. The number of hydrogen-bond donors (Lipinski definition) is 2. The van der Waals surface area contributed by atoms with Gasteiger partial charge in [0.15, 0.2) is 0 Å². The molecule has 0 aromatic heterocycles. The van der Waals surface area contributed by atoms with Gasteiger partial charge in [0.1, 0.15) is 0 Å². The largest absolute Gasteiger partial charge is 0.478 e. The molecule has 0 aliphatic rings. The number of methoxy groups -OCH3 is 1. The lowest BCUT2D eigenvalue weighted by Gasteiger charge is -2.24. The van der Waals surface area contributed by atoms with Crippen LogP contribution in [-0.2, 0) is 23.8 Å². The van der Waals surface area contributed by atoms with Gasteiger partial charge in [-0.05, 0) is 60.7 Å². The molecule has 196 valence electrons. The molecule has 3 rings (SSSR count). The maximum atomic E-state index is 13.3. The summed E-state index contributed by atoms with van der Waals surface area (Å²) in [5.41, 5.74) is -0.253. The van der Waals surface area contributed by atoms with E-state index in [2.05, 4.69) is 10.1 Å². The molecule has 38 heavy (non-hydrogen) atoms. The van der Waals surface area contributed by atoms with Crippen molar-refractivity contribution in [2.24, 2.45) is 0 Å². The van der Waals surface area contributed by atoms with E-state index in [0.29, 0.717) is 10.0 Å². The van der Waals surface area contributed by atoms with Gasteiger partial charge in [-0.25, -0.2) is 19.2 Å². The lowest BCUT2D eigenvalue weighted by atomic mass is 10.1. The Morgan fingerprint density at radius 1 is 0.711 bits per heavy atom. The van der Waals surface area contributed by atoms with E-state index in [1.165, 1.54) is 72.8 Å². The number of carboxylic acids is 1. The maximum Gasteiger partial charge on any atom is 0.349 e. The number of carbonyl (C=O) groups is 5. The second-order valence-electron chi connectivity index (χ2n) is 7.53. The highest BCUT2D eigenvalue weighted by molar-refractivity contribution is 6.31. The molecule has 0 bridgehead atoms. The summed E-state index contributed by atoms with van der Waals surface area (Å²) >= 11 is 11.6. The molecule has 0 heterocycles. The lowest BCUT2D eigenvalue weighted by Crippen LogP contribution is -2.48. The zero-order valence-electron chi connectivity index (χ0n) is 19.6. The third-order valence-corrected chi connectivity index (χ3v) is 5.50. The summed E-state index contributed by atoms with van der Waals surface area (Å²) in [7, 11) is 1.13. The van der Waals surface area contributed by atoms with E-state index in [1.807, 2.05) is 0 Å². The Labute approximate surface area is 226 Å². The van der Waals surface area contributed by atoms with Crippen molar-refractivity contribution in [3.63, 3.8) is 0 Å². The smallest absolute Gasteiger partial charge is 0.349 e. The van der Waals surface area contributed by atoms with Crippen molar-refractivity contribution in [1.29, 1.82) is 0 Å². The van der Waals surface area contributed by atoms with Gasteiger partial charge < -0.3 is 24.6 Å². The molecule has 0 saturated heterocycles. The monoisotopic (exact) mass is 559 g/mol. The average molecular weight is 560 g/mol. The van der Waals surface area contributed by atoms with Gasteiger partial charge in [0.2, 0.25) is 12.2 Å². The number of rotatable bonds is 9. The molecule has 2 atom stereocenters. The van der Waals surface area contributed by atoms with Crippen LogP contribution in [0.3, 0.4) is 0 Å². The second kappa shape index (κ2) is 12.7. The molecule has 12 heteroatoms. The number of anilines is 1. The molecule has 0 fully saturated rings. The first-order valence-corrected chi connectivity index (χ1v) is 11.5. The fourth-order valence-electron chi connectivity index (χ4n) is 3.12. The number of amides is 1. The van der Waals surface area contributed by atoms with Crippen LogP contribution in [0.4, 0.5) is 5.69 Å². The maximum absolute atomic E-state index is 13.3. The van der Waals surface area contributed by atoms with Crippen LogP contribution < -0.4 is 5.32 Å². The number of esters is 3. The third-order valence-electron chi connectivity index (χ3n) is 4.99. The Balaban J connectivity index is 1.96. The van der Waals surface area contributed by atoms with E-state index < -0.39 is 42.0 Å². The Morgan fingerprint density at radius 2 is 1.18 bits per heavy atom. The molecular weight excluding hydrogens is 541 g/mol. The van der Waals surface area contributed by atoms with Crippen LogP contribution in [0.1, 0.15) is 31.1 Å². The molecule has 0 unspecified atom stereocenters. The molecule has 10 nitrogen and oxygen atoms in total. The summed E-state index contributed by atoms with van der Waals surface area (Å²) in [6.07, 6.45) is -4.46. The number of halogens is 2. The summed E-state index contributed by atoms with van der Waals surface area (Å²) in [6.45, 7) is 0. The van der Waals surface area contributed by atoms with Crippen molar-refractivity contribution in [2.45, 2.75) is 12.2 Å². The first-order valence-electron chi connectivity index (χ1n) is 10.7. The molecule has 0 spiro atoms. The van der Waals surface area contributed by atoms with Gasteiger partial charge >= 0.3 is 23.9 Å². The normalized spacial score (nSPS) is 12.0. The van der Waals surface area contributed by atoms with Gasteiger partial charge in [-0.1, -0.05) is 35.3 Å². The molecule has 0 radical (unpaired) electrons. The summed E-state index contributed by atoms with van der Waals surface area (Å²) in [5.74, 6) is -5.99. The first kappa shape index (κ1) is 28.2. The zero-order chi connectivity index (χ0) is 27.8. The zero-order valence-corrected chi connectivity index (χ0v) is 21.1. The van der Waals surface area contributed by atoms with E-state index in [-0.39, 0.29) is 22.4 Å². The van der Waals surface area contributed by atoms with Crippen LogP contribution in [0.25, 0.3) is 0 Å². The number of carbonyl (C=O) groups excluding carboxylic acids is 4. The Bertz CT molecular complexity index is 1360. The van der Waals surface area contributed by atoms with Crippen LogP contribution >= 0.6 is 23.2 Å². The van der Waals surface area contributed by atoms with Crippen molar-refractivity contribution in [1.82, 2.24) is 0 Å². The van der Waals surface area contributed by atoms with Crippen molar-refractivity contribution >= 4 is 58.7 Å². The Morgan fingerprint density at radius 3 is 1.66 bits per heavy atom. The summed E-state index contributed by atoms with van der Waals surface area (Å²) in [6, 6.07) is 16.4. The van der Waals surface area contributed by atoms with E-state index in [4.69, 9.17) is 32.7 Å². The van der Waals surface area contributed by atoms with E-state index in [9.17, 15) is 29.1 Å². The van der Waals surface area contributed by atoms with Crippen molar-refractivity contribution in [3.8, 4) is 0 Å². The molecule has 0 saturated carbocycles. The third kappa shape index (κ3) is 7.09. The van der Waals surface area contributed by atoms with Gasteiger partial charge in [-0.3, -0.25) is 4.79 Å². The molecule has 3 aromatic carbocycles. The summed E-state index contributed by atoms with van der Waals surface area (Å²) in [4.78, 5) is 63.0. The fraction of sp³-hybridized carbons (Fsp3) is 0.115. The predicted molar refractivity (Wildman–Crippen MR) is 135 cm³/mol. The quantitative estimate of drug-likeness (QED) is 0.290.